The van der Waals surface area contributed by atoms with E-state index in [1.165, 1.54) is 22.6 Å². The molecule has 2 aromatic rings. The van der Waals surface area contributed by atoms with Crippen LogP contribution in [0, 0.1) is 11.7 Å². The quantitative estimate of drug-likeness (QED) is 0.558. The molecule has 0 aliphatic carbocycles. The molecule has 0 spiro atoms. The Morgan fingerprint density at radius 2 is 1.77 bits per heavy atom. The van der Waals surface area contributed by atoms with Gasteiger partial charge in [-0.15, -0.1) is 0 Å². The van der Waals surface area contributed by atoms with Gasteiger partial charge in [-0.2, -0.15) is 0 Å². The van der Waals surface area contributed by atoms with Crippen molar-refractivity contribution in [2.24, 2.45) is 5.92 Å². The molecule has 0 unspecified atom stereocenters. The molecule has 1 heterocycles. The van der Waals surface area contributed by atoms with Gasteiger partial charge in [0, 0.05) is 20.0 Å². The molecule has 4 atom stereocenters. The first-order valence-corrected chi connectivity index (χ1v) is 13.8. The van der Waals surface area contributed by atoms with Crippen LogP contribution in [0.2, 0.25) is 0 Å². The smallest absolute Gasteiger partial charge is 0.243 e. The van der Waals surface area contributed by atoms with Gasteiger partial charge in [-0.25, -0.2) is 4.39 Å². The van der Waals surface area contributed by atoms with Gasteiger partial charge >= 0.3 is 0 Å². The highest BCUT2D eigenvalue weighted by Gasteiger charge is 2.32. The van der Waals surface area contributed by atoms with E-state index in [1.807, 2.05) is 44.2 Å². The second kappa shape index (κ2) is 14.6. The monoisotopic (exact) mass is 536 g/mol. The molecular weight excluding hydrogens is 495 g/mol. The Morgan fingerprint density at radius 3 is 2.49 bits per heavy atom. The SMILES string of the molecule is CC[C@H](C)[C@@H]1NCCCc2ccccc2/C=C\CNC(=O)[C@@H](Cc2ccc(F)cc2)NC(=O)[C@@H](C)N(C)C1=O. The second-order valence-electron chi connectivity index (χ2n) is 10.3. The van der Waals surface area contributed by atoms with E-state index in [-0.39, 0.29) is 36.5 Å². The molecule has 39 heavy (non-hydrogen) atoms. The Labute approximate surface area is 231 Å². The molecule has 0 bridgehead atoms. The third-order valence-corrected chi connectivity index (χ3v) is 7.51. The van der Waals surface area contributed by atoms with Crippen LogP contribution in [0.5, 0.6) is 0 Å². The number of carbonyl (C=O) groups is 3. The van der Waals surface area contributed by atoms with Crippen LogP contribution in [0.1, 0.15) is 50.3 Å². The zero-order valence-electron chi connectivity index (χ0n) is 23.4. The highest BCUT2D eigenvalue weighted by molar-refractivity contribution is 5.93. The highest BCUT2D eigenvalue weighted by atomic mass is 19.1. The maximum atomic E-state index is 13.5. The van der Waals surface area contributed by atoms with E-state index >= 15 is 0 Å². The maximum Gasteiger partial charge on any atom is 0.243 e. The molecule has 1 aliphatic rings. The Hall–Kier alpha value is -3.52. The van der Waals surface area contributed by atoms with Gasteiger partial charge in [0.25, 0.3) is 0 Å². The number of hydrogen-bond donors (Lipinski definition) is 3. The number of benzene rings is 2. The molecule has 7 nitrogen and oxygen atoms in total. The molecule has 0 saturated heterocycles. The van der Waals surface area contributed by atoms with Crippen molar-refractivity contribution >= 4 is 23.8 Å². The summed E-state index contributed by atoms with van der Waals surface area (Å²) >= 11 is 0. The van der Waals surface area contributed by atoms with Gasteiger partial charge in [-0.3, -0.25) is 14.4 Å². The van der Waals surface area contributed by atoms with Crippen LogP contribution in [-0.2, 0) is 27.2 Å². The Morgan fingerprint density at radius 1 is 1.05 bits per heavy atom. The van der Waals surface area contributed by atoms with Crippen molar-refractivity contribution in [3.8, 4) is 0 Å². The van der Waals surface area contributed by atoms with Gasteiger partial charge in [0.1, 0.15) is 17.9 Å². The molecule has 1 aliphatic heterocycles. The summed E-state index contributed by atoms with van der Waals surface area (Å²) in [6.45, 7) is 6.69. The Bertz CT molecular complexity index is 1150. The number of amides is 3. The van der Waals surface area contributed by atoms with E-state index in [0.717, 1.165) is 24.8 Å². The third kappa shape index (κ3) is 8.48. The molecule has 3 N–H and O–H groups in total. The number of rotatable bonds is 4. The summed E-state index contributed by atoms with van der Waals surface area (Å²) in [5.74, 6) is -1.24. The molecule has 210 valence electrons. The lowest BCUT2D eigenvalue weighted by atomic mass is 9.96. The van der Waals surface area contributed by atoms with Crippen LogP contribution in [0.4, 0.5) is 4.39 Å². The fraction of sp³-hybridized carbons (Fsp3) is 0.452. The largest absolute Gasteiger partial charge is 0.351 e. The van der Waals surface area contributed by atoms with Crippen molar-refractivity contribution in [3.63, 3.8) is 0 Å². The minimum atomic E-state index is -0.892. The van der Waals surface area contributed by atoms with Crippen LogP contribution < -0.4 is 16.0 Å². The first-order chi connectivity index (χ1) is 18.7. The molecule has 0 fully saturated rings. The minimum Gasteiger partial charge on any atom is -0.351 e. The van der Waals surface area contributed by atoms with Crippen LogP contribution in [0.15, 0.2) is 54.6 Å². The lowest BCUT2D eigenvalue weighted by Crippen LogP contribution is -2.57. The molecule has 0 radical (unpaired) electrons. The van der Waals surface area contributed by atoms with Gasteiger partial charge in [0.05, 0.1) is 6.04 Å². The van der Waals surface area contributed by atoms with Gasteiger partial charge in [-0.05, 0) is 61.1 Å². The maximum absolute atomic E-state index is 13.5. The summed E-state index contributed by atoms with van der Waals surface area (Å²) in [4.78, 5) is 41.4. The molecular formula is C31H41FN4O3. The third-order valence-electron chi connectivity index (χ3n) is 7.51. The van der Waals surface area contributed by atoms with E-state index in [1.54, 1.807) is 26.1 Å². The van der Waals surface area contributed by atoms with Gasteiger partial charge in [0.2, 0.25) is 17.7 Å². The first kappa shape index (κ1) is 30.0. The van der Waals surface area contributed by atoms with Crippen molar-refractivity contribution in [1.29, 1.82) is 0 Å². The zero-order chi connectivity index (χ0) is 28.4. The predicted molar refractivity (Wildman–Crippen MR) is 152 cm³/mol. The van der Waals surface area contributed by atoms with E-state index in [4.69, 9.17) is 0 Å². The molecule has 0 aromatic heterocycles. The van der Waals surface area contributed by atoms with Crippen LogP contribution in [-0.4, -0.2) is 60.9 Å². The summed E-state index contributed by atoms with van der Waals surface area (Å²) < 4.78 is 13.4. The molecule has 8 heteroatoms. The van der Waals surface area contributed by atoms with Crippen LogP contribution >= 0.6 is 0 Å². The van der Waals surface area contributed by atoms with E-state index in [0.29, 0.717) is 12.1 Å². The van der Waals surface area contributed by atoms with Crippen molar-refractivity contribution in [2.45, 2.75) is 64.6 Å². The summed E-state index contributed by atoms with van der Waals surface area (Å²) in [5.41, 5.74) is 2.98. The lowest BCUT2D eigenvalue weighted by Gasteiger charge is -2.32. The number of aryl methyl sites for hydroxylation is 1. The minimum absolute atomic E-state index is 0.0769. The number of hydrogen-bond acceptors (Lipinski definition) is 4. The fourth-order valence-corrected chi connectivity index (χ4v) is 4.64. The van der Waals surface area contributed by atoms with Crippen molar-refractivity contribution in [2.75, 3.05) is 20.1 Å². The van der Waals surface area contributed by atoms with Gasteiger partial charge in [0.15, 0.2) is 0 Å². The molecule has 3 rings (SSSR count). The second-order valence-corrected chi connectivity index (χ2v) is 10.3. The van der Waals surface area contributed by atoms with Crippen molar-refractivity contribution < 1.29 is 18.8 Å². The van der Waals surface area contributed by atoms with Crippen LogP contribution in [0.3, 0.4) is 0 Å². The fourth-order valence-electron chi connectivity index (χ4n) is 4.64. The van der Waals surface area contributed by atoms with Crippen molar-refractivity contribution in [1.82, 2.24) is 20.9 Å². The summed E-state index contributed by atoms with van der Waals surface area (Å²) in [7, 11) is 1.62. The number of halogens is 1. The highest BCUT2D eigenvalue weighted by Crippen LogP contribution is 2.15. The Balaban J connectivity index is 1.89. The van der Waals surface area contributed by atoms with E-state index in [2.05, 4.69) is 22.0 Å². The number of likely N-dealkylation sites (N-methyl/N-ethyl adjacent to an activating group) is 1. The lowest BCUT2D eigenvalue weighted by molar-refractivity contribution is -0.141. The molecule has 2 aromatic carbocycles. The van der Waals surface area contributed by atoms with E-state index < -0.39 is 24.0 Å². The summed E-state index contributed by atoms with van der Waals surface area (Å²) in [5, 5.41) is 9.14. The number of nitrogens with one attached hydrogen (secondary N) is 3. The van der Waals surface area contributed by atoms with E-state index in [9.17, 15) is 18.8 Å². The number of fused-ring (bicyclic) bond motifs is 1. The first-order valence-electron chi connectivity index (χ1n) is 13.8. The standard InChI is InChI=1S/C31H41FN4O3/c1-5-21(2)28-31(39)36(4)22(3)29(37)35-27(20-23-14-16-26(32)17-15-23)30(38)34-19-9-13-25-11-7-6-10-24(25)12-8-18-33-28/h6-7,9-11,13-17,21-22,27-28,33H,5,8,12,18-20H2,1-4H3,(H,34,38)(H,35,37)/b13-9-/t21-,22+,27+,28-/m0/s1. The van der Waals surface area contributed by atoms with Gasteiger partial charge in [-0.1, -0.05) is 68.8 Å². The number of carbonyl (C=O) groups excluding carboxylic acids is 3. The summed E-state index contributed by atoms with van der Waals surface area (Å²) in [6.07, 6.45) is 6.57. The average molecular weight is 537 g/mol. The molecule has 3 amide bonds. The van der Waals surface area contributed by atoms with Gasteiger partial charge < -0.3 is 20.9 Å². The topological polar surface area (TPSA) is 90.5 Å². The average Bonchev–Trinajstić information content (AvgIpc) is 2.94. The Kier molecular flexibility index (Phi) is 11.2. The van der Waals surface area contributed by atoms with Crippen LogP contribution in [0.25, 0.3) is 6.08 Å². The normalized spacial score (nSPS) is 23.6. The predicted octanol–water partition coefficient (Wildman–Crippen LogP) is 3.48. The summed E-state index contributed by atoms with van der Waals surface area (Å²) in [6, 6.07) is 11.9. The van der Waals surface area contributed by atoms with Crippen molar-refractivity contribution in [3.05, 3.63) is 77.1 Å². The molecule has 0 saturated carbocycles. The zero-order valence-corrected chi connectivity index (χ0v) is 23.4. The number of nitrogens with zero attached hydrogens (tertiary/aromatic N) is 1.